The van der Waals surface area contributed by atoms with Crippen LogP contribution in [-0.2, 0) is 0 Å². The molecule has 1 aliphatic rings. The second kappa shape index (κ2) is 4.81. The Morgan fingerprint density at radius 3 is 2.47 bits per heavy atom. The smallest absolute Gasteiger partial charge is 0.0599 e. The molecule has 0 bridgehead atoms. The van der Waals surface area contributed by atoms with Gasteiger partial charge in [-0.2, -0.15) is 0 Å². The largest absolute Gasteiger partial charge is 0.395 e. The van der Waals surface area contributed by atoms with Gasteiger partial charge in [0.15, 0.2) is 0 Å². The second-order valence-corrected chi connectivity index (χ2v) is 5.63. The summed E-state index contributed by atoms with van der Waals surface area (Å²) in [6, 6.07) is 0.828. The number of nitrogens with zero attached hydrogens (tertiary/aromatic N) is 2. The Morgan fingerprint density at radius 2 is 2.00 bits per heavy atom. The molecule has 1 N–H and O–H groups in total. The molecule has 0 spiro atoms. The van der Waals surface area contributed by atoms with Crippen LogP contribution in [0.15, 0.2) is 0 Å². The molecule has 3 heteroatoms. The van der Waals surface area contributed by atoms with Crippen molar-refractivity contribution < 1.29 is 5.11 Å². The van der Waals surface area contributed by atoms with Gasteiger partial charge in [0.2, 0.25) is 0 Å². The monoisotopic (exact) mass is 214 g/mol. The molecule has 15 heavy (non-hydrogen) atoms. The standard InChI is InChI=1S/C12H26N2O/c1-10(2)14-8-11(9-15)13(5)7-6-12(14,3)4/h10-11,15H,6-9H2,1-5H3. The number of aliphatic hydroxyl groups is 1. The zero-order valence-corrected chi connectivity index (χ0v) is 10.8. The highest BCUT2D eigenvalue weighted by atomic mass is 16.3. The third kappa shape index (κ3) is 2.92. The van der Waals surface area contributed by atoms with E-state index in [9.17, 15) is 5.11 Å². The van der Waals surface area contributed by atoms with Crippen LogP contribution in [0.25, 0.3) is 0 Å². The lowest BCUT2D eigenvalue weighted by Gasteiger charge is -2.40. The molecule has 1 rings (SSSR count). The Hall–Kier alpha value is -0.120. The zero-order chi connectivity index (χ0) is 11.6. The first-order valence-electron chi connectivity index (χ1n) is 5.96. The van der Waals surface area contributed by atoms with Crippen LogP contribution in [0.4, 0.5) is 0 Å². The first kappa shape index (κ1) is 12.9. The summed E-state index contributed by atoms with van der Waals surface area (Å²) in [5.41, 5.74) is 0.242. The van der Waals surface area contributed by atoms with Crippen molar-refractivity contribution in [2.45, 2.75) is 51.7 Å². The zero-order valence-electron chi connectivity index (χ0n) is 10.8. The Morgan fingerprint density at radius 1 is 1.40 bits per heavy atom. The van der Waals surface area contributed by atoms with Gasteiger partial charge in [-0.3, -0.25) is 9.80 Å². The number of aliphatic hydroxyl groups excluding tert-OH is 1. The van der Waals surface area contributed by atoms with Crippen LogP contribution in [0.1, 0.15) is 34.1 Å². The quantitative estimate of drug-likeness (QED) is 0.747. The lowest BCUT2D eigenvalue weighted by Crippen LogP contribution is -2.50. The Bertz CT molecular complexity index is 204. The maximum atomic E-state index is 9.39. The maximum Gasteiger partial charge on any atom is 0.0599 e. The van der Waals surface area contributed by atoms with Crippen molar-refractivity contribution in [2.75, 3.05) is 26.7 Å². The van der Waals surface area contributed by atoms with Gasteiger partial charge in [-0.15, -0.1) is 0 Å². The van der Waals surface area contributed by atoms with Crippen molar-refractivity contribution in [1.82, 2.24) is 9.80 Å². The molecular formula is C12H26N2O. The van der Waals surface area contributed by atoms with E-state index in [1.165, 1.54) is 0 Å². The molecule has 1 fully saturated rings. The summed E-state index contributed by atoms with van der Waals surface area (Å²) in [6.07, 6.45) is 1.16. The highest BCUT2D eigenvalue weighted by Gasteiger charge is 2.34. The van der Waals surface area contributed by atoms with E-state index < -0.39 is 0 Å². The molecular weight excluding hydrogens is 188 g/mol. The fourth-order valence-corrected chi connectivity index (χ4v) is 2.50. The normalized spacial score (nSPS) is 29.4. The van der Waals surface area contributed by atoms with Gasteiger partial charge in [-0.05, 0) is 41.2 Å². The molecule has 3 nitrogen and oxygen atoms in total. The van der Waals surface area contributed by atoms with Crippen molar-refractivity contribution in [3.05, 3.63) is 0 Å². The molecule has 1 heterocycles. The van der Waals surface area contributed by atoms with E-state index in [1.54, 1.807) is 0 Å². The predicted octanol–water partition coefficient (Wildman–Crippen LogP) is 1.17. The minimum absolute atomic E-state index is 0.242. The highest BCUT2D eigenvalue weighted by molar-refractivity contribution is 4.91. The van der Waals surface area contributed by atoms with E-state index in [0.717, 1.165) is 19.5 Å². The van der Waals surface area contributed by atoms with Crippen molar-refractivity contribution >= 4 is 0 Å². The highest BCUT2D eigenvalue weighted by Crippen LogP contribution is 2.26. The van der Waals surface area contributed by atoms with Crippen LogP contribution < -0.4 is 0 Å². The summed E-state index contributed by atoms with van der Waals surface area (Å²) in [5, 5.41) is 9.39. The molecule has 1 atom stereocenters. The molecule has 0 aromatic carbocycles. The maximum absolute atomic E-state index is 9.39. The molecule has 0 amide bonds. The molecule has 0 radical (unpaired) electrons. The molecule has 1 saturated heterocycles. The van der Waals surface area contributed by atoms with Gasteiger partial charge in [-0.25, -0.2) is 0 Å². The predicted molar refractivity (Wildman–Crippen MR) is 64.0 cm³/mol. The van der Waals surface area contributed by atoms with Crippen molar-refractivity contribution in [3.8, 4) is 0 Å². The molecule has 0 aliphatic carbocycles. The lowest BCUT2D eigenvalue weighted by molar-refractivity contribution is 0.0665. The van der Waals surface area contributed by atoms with Crippen LogP contribution in [0, 0.1) is 0 Å². The minimum atomic E-state index is 0.242. The minimum Gasteiger partial charge on any atom is -0.395 e. The van der Waals surface area contributed by atoms with Crippen molar-refractivity contribution in [1.29, 1.82) is 0 Å². The van der Waals surface area contributed by atoms with Gasteiger partial charge in [0.25, 0.3) is 0 Å². The van der Waals surface area contributed by atoms with E-state index in [-0.39, 0.29) is 18.2 Å². The van der Waals surface area contributed by atoms with Crippen LogP contribution in [0.3, 0.4) is 0 Å². The van der Waals surface area contributed by atoms with E-state index in [0.29, 0.717) is 6.04 Å². The number of likely N-dealkylation sites (N-methyl/N-ethyl adjacent to an activating group) is 1. The van der Waals surface area contributed by atoms with E-state index in [2.05, 4.69) is 44.5 Å². The Labute approximate surface area is 94.1 Å². The van der Waals surface area contributed by atoms with Gasteiger partial charge < -0.3 is 5.11 Å². The van der Waals surface area contributed by atoms with Crippen LogP contribution in [0.2, 0.25) is 0 Å². The summed E-state index contributed by atoms with van der Waals surface area (Å²) in [7, 11) is 2.11. The third-order valence-corrected chi connectivity index (χ3v) is 3.72. The van der Waals surface area contributed by atoms with Crippen LogP contribution >= 0.6 is 0 Å². The summed E-state index contributed by atoms with van der Waals surface area (Å²) < 4.78 is 0. The third-order valence-electron chi connectivity index (χ3n) is 3.72. The van der Waals surface area contributed by atoms with Crippen LogP contribution in [-0.4, -0.2) is 59.3 Å². The number of hydrogen-bond donors (Lipinski definition) is 1. The van der Waals surface area contributed by atoms with Gasteiger partial charge in [0.1, 0.15) is 0 Å². The Balaban J connectivity index is 2.82. The average molecular weight is 214 g/mol. The van der Waals surface area contributed by atoms with Gasteiger partial charge >= 0.3 is 0 Å². The summed E-state index contributed by atoms with van der Waals surface area (Å²) in [6.45, 7) is 11.4. The SMILES string of the molecule is CC(C)N1CC(CO)N(C)CCC1(C)C. The summed E-state index contributed by atoms with van der Waals surface area (Å²) in [4.78, 5) is 4.79. The summed E-state index contributed by atoms with van der Waals surface area (Å²) in [5.74, 6) is 0. The molecule has 0 saturated carbocycles. The first-order chi connectivity index (χ1) is 6.88. The molecule has 0 aromatic rings. The van der Waals surface area contributed by atoms with Gasteiger partial charge in [0.05, 0.1) is 6.61 Å². The number of hydrogen-bond acceptors (Lipinski definition) is 3. The summed E-state index contributed by atoms with van der Waals surface area (Å²) >= 11 is 0. The molecule has 1 aliphatic heterocycles. The number of rotatable bonds is 2. The van der Waals surface area contributed by atoms with Gasteiger partial charge in [0, 0.05) is 30.7 Å². The topological polar surface area (TPSA) is 26.7 Å². The fourth-order valence-electron chi connectivity index (χ4n) is 2.50. The van der Waals surface area contributed by atoms with Crippen LogP contribution in [0.5, 0.6) is 0 Å². The van der Waals surface area contributed by atoms with Crippen molar-refractivity contribution in [2.24, 2.45) is 0 Å². The van der Waals surface area contributed by atoms with Crippen molar-refractivity contribution in [3.63, 3.8) is 0 Å². The Kier molecular flexibility index (Phi) is 4.15. The van der Waals surface area contributed by atoms with E-state index in [1.807, 2.05) is 0 Å². The molecule has 90 valence electrons. The second-order valence-electron chi connectivity index (χ2n) is 5.63. The first-order valence-corrected chi connectivity index (χ1v) is 5.96. The van der Waals surface area contributed by atoms with E-state index in [4.69, 9.17) is 0 Å². The van der Waals surface area contributed by atoms with E-state index >= 15 is 0 Å². The molecule has 0 aromatic heterocycles. The van der Waals surface area contributed by atoms with Gasteiger partial charge in [-0.1, -0.05) is 0 Å². The molecule has 1 unspecified atom stereocenters. The lowest BCUT2D eigenvalue weighted by atomic mass is 9.97. The fraction of sp³-hybridized carbons (Fsp3) is 1.00. The average Bonchev–Trinajstić information content (AvgIpc) is 2.25.